The van der Waals surface area contributed by atoms with Crippen molar-refractivity contribution in [3.8, 4) is 11.5 Å². The van der Waals surface area contributed by atoms with Gasteiger partial charge in [0, 0.05) is 29.6 Å². The molecule has 1 aliphatic heterocycles. The van der Waals surface area contributed by atoms with Crippen LogP contribution in [-0.4, -0.2) is 61.0 Å². The van der Waals surface area contributed by atoms with E-state index in [1.54, 1.807) is 42.5 Å². The van der Waals surface area contributed by atoms with Crippen LogP contribution >= 0.6 is 0 Å². The molecule has 3 aromatic carbocycles. The summed E-state index contributed by atoms with van der Waals surface area (Å²) in [5.74, 6) is 0.901. The second-order valence-corrected chi connectivity index (χ2v) is 11.8. The van der Waals surface area contributed by atoms with Crippen LogP contribution in [0.5, 0.6) is 11.5 Å². The van der Waals surface area contributed by atoms with Crippen LogP contribution in [0, 0.1) is 5.92 Å². The average molecular weight is 577 g/mol. The number of benzene rings is 3. The van der Waals surface area contributed by atoms with Crippen LogP contribution in [0.15, 0.2) is 71.6 Å². The first-order valence-electron chi connectivity index (χ1n) is 13.3. The number of hydrogen-bond donors (Lipinski definition) is 4. The Bertz CT molecular complexity index is 1670. The molecule has 0 atom stereocenters. The minimum absolute atomic E-state index is 0.0419. The molecule has 1 aromatic heterocycles. The average Bonchev–Trinajstić information content (AvgIpc) is 2.94. The monoisotopic (exact) mass is 576 g/mol. The summed E-state index contributed by atoms with van der Waals surface area (Å²) in [6.07, 6.45) is 2.11. The molecule has 1 fully saturated rings. The van der Waals surface area contributed by atoms with Crippen molar-refractivity contribution < 1.29 is 23.1 Å². The zero-order valence-electron chi connectivity index (χ0n) is 22.8. The second kappa shape index (κ2) is 12.0. The van der Waals surface area contributed by atoms with E-state index >= 15 is 0 Å². The second-order valence-electron chi connectivity index (χ2n) is 10.1. The number of anilines is 4. The summed E-state index contributed by atoms with van der Waals surface area (Å²) in [5, 5.41) is 15.9. The highest BCUT2D eigenvalue weighted by Gasteiger charge is 2.21. The van der Waals surface area contributed by atoms with Gasteiger partial charge in [0.25, 0.3) is 10.0 Å². The summed E-state index contributed by atoms with van der Waals surface area (Å²) in [4.78, 5) is 23.8. The number of para-hydroxylation sites is 2. The van der Waals surface area contributed by atoms with E-state index in [2.05, 4.69) is 37.1 Å². The standard InChI is InChI=1S/C29H32N6O5S/c1-19-10-12-35(13-11-19)18-27(37)30-20-6-5-7-24(16-20)41(38,39)34-29-28(32-25-8-3-4-9-26(25)33-29)31-21-14-22(36)17-23(15-21)40-2/h3-9,14-17,19,36H,10-13,18H2,1-2H3,(H,30,37)(H,31,32)(H,33,34). The van der Waals surface area contributed by atoms with Crippen LogP contribution in [0.4, 0.5) is 23.0 Å². The Morgan fingerprint density at radius 1 is 0.976 bits per heavy atom. The van der Waals surface area contributed by atoms with E-state index in [1.165, 1.54) is 31.4 Å². The molecule has 11 nitrogen and oxygen atoms in total. The van der Waals surface area contributed by atoms with E-state index in [1.807, 2.05) is 0 Å². The first-order chi connectivity index (χ1) is 19.7. The third-order valence-corrected chi connectivity index (χ3v) is 8.20. The highest BCUT2D eigenvalue weighted by atomic mass is 32.2. The van der Waals surface area contributed by atoms with Gasteiger partial charge in [0.15, 0.2) is 11.6 Å². The van der Waals surface area contributed by atoms with Gasteiger partial charge in [-0.1, -0.05) is 25.1 Å². The fourth-order valence-electron chi connectivity index (χ4n) is 4.62. The lowest BCUT2D eigenvalue weighted by Crippen LogP contribution is -2.38. The summed E-state index contributed by atoms with van der Waals surface area (Å²) in [5.41, 5.74) is 1.81. The molecule has 214 valence electrons. The van der Waals surface area contributed by atoms with Crippen LogP contribution in [0.2, 0.25) is 0 Å². The minimum Gasteiger partial charge on any atom is -0.508 e. The molecule has 1 aliphatic rings. The van der Waals surface area contributed by atoms with E-state index in [-0.39, 0.29) is 34.7 Å². The van der Waals surface area contributed by atoms with E-state index in [4.69, 9.17) is 4.74 Å². The van der Waals surface area contributed by atoms with Gasteiger partial charge in [-0.2, -0.15) is 0 Å². The van der Waals surface area contributed by atoms with Crippen molar-refractivity contribution in [1.29, 1.82) is 0 Å². The SMILES string of the molecule is COc1cc(O)cc(Nc2nc3ccccc3nc2NS(=O)(=O)c2cccc(NC(=O)CN3CCC(C)CC3)c2)c1. The molecule has 0 spiro atoms. The predicted octanol–water partition coefficient (Wildman–Crippen LogP) is 4.56. The number of nitrogens with one attached hydrogen (secondary N) is 3. The van der Waals surface area contributed by atoms with Gasteiger partial charge in [-0.05, 0) is 62.2 Å². The van der Waals surface area contributed by atoms with Gasteiger partial charge in [0.1, 0.15) is 11.5 Å². The van der Waals surface area contributed by atoms with E-state index in [0.717, 1.165) is 25.9 Å². The molecule has 0 bridgehead atoms. The molecule has 1 amide bonds. The van der Waals surface area contributed by atoms with Crippen molar-refractivity contribution in [2.24, 2.45) is 5.92 Å². The molecule has 1 saturated heterocycles. The minimum atomic E-state index is -4.14. The molecule has 5 rings (SSSR count). The van der Waals surface area contributed by atoms with Crippen molar-refractivity contribution in [2.45, 2.75) is 24.7 Å². The van der Waals surface area contributed by atoms with Crippen LogP contribution in [0.25, 0.3) is 11.0 Å². The molecule has 0 unspecified atom stereocenters. The van der Waals surface area contributed by atoms with E-state index < -0.39 is 10.0 Å². The third-order valence-electron chi connectivity index (χ3n) is 6.86. The Kier molecular flexibility index (Phi) is 8.22. The van der Waals surface area contributed by atoms with Gasteiger partial charge in [0.2, 0.25) is 5.91 Å². The summed E-state index contributed by atoms with van der Waals surface area (Å²) >= 11 is 0. The number of methoxy groups -OCH3 is 1. The first kappa shape index (κ1) is 28.1. The molecule has 2 heterocycles. The lowest BCUT2D eigenvalue weighted by atomic mass is 9.99. The van der Waals surface area contributed by atoms with Gasteiger partial charge in [-0.15, -0.1) is 0 Å². The Hall–Kier alpha value is -4.42. The van der Waals surface area contributed by atoms with Gasteiger partial charge < -0.3 is 20.5 Å². The maximum atomic E-state index is 13.5. The van der Waals surface area contributed by atoms with Crippen molar-refractivity contribution in [3.63, 3.8) is 0 Å². The van der Waals surface area contributed by atoms with Crippen molar-refractivity contribution in [3.05, 3.63) is 66.7 Å². The molecule has 4 N–H and O–H groups in total. The highest BCUT2D eigenvalue weighted by Crippen LogP contribution is 2.31. The number of hydrogen-bond acceptors (Lipinski definition) is 9. The Morgan fingerprint density at radius 3 is 2.39 bits per heavy atom. The predicted molar refractivity (Wildman–Crippen MR) is 158 cm³/mol. The zero-order chi connectivity index (χ0) is 29.0. The molecule has 41 heavy (non-hydrogen) atoms. The number of rotatable bonds is 9. The summed E-state index contributed by atoms with van der Waals surface area (Å²) < 4.78 is 34.7. The van der Waals surface area contributed by atoms with Crippen molar-refractivity contribution in [1.82, 2.24) is 14.9 Å². The van der Waals surface area contributed by atoms with Crippen LogP contribution < -0.4 is 20.1 Å². The number of sulfonamides is 1. The number of phenols is 1. The molecule has 0 saturated carbocycles. The maximum absolute atomic E-state index is 13.5. The number of aromatic hydroxyl groups is 1. The normalized spacial score (nSPS) is 14.5. The van der Waals surface area contributed by atoms with Gasteiger partial charge in [0.05, 0.1) is 29.6 Å². The number of carbonyl (C=O) groups is 1. The number of likely N-dealkylation sites (tertiary alicyclic amines) is 1. The zero-order valence-corrected chi connectivity index (χ0v) is 23.6. The van der Waals surface area contributed by atoms with Gasteiger partial charge in [-0.25, -0.2) is 18.4 Å². The topological polar surface area (TPSA) is 146 Å². The number of aromatic nitrogens is 2. The summed E-state index contributed by atoms with van der Waals surface area (Å²) in [6, 6.07) is 17.6. The molecule has 12 heteroatoms. The number of fused-ring (bicyclic) bond motifs is 1. The lowest BCUT2D eigenvalue weighted by molar-refractivity contribution is -0.117. The number of nitrogens with zero attached hydrogens (tertiary/aromatic N) is 3. The fraction of sp³-hybridized carbons (Fsp3) is 0.276. The van der Waals surface area contributed by atoms with Crippen LogP contribution in [-0.2, 0) is 14.8 Å². The maximum Gasteiger partial charge on any atom is 0.263 e. The van der Waals surface area contributed by atoms with Gasteiger partial charge in [-0.3, -0.25) is 14.4 Å². The van der Waals surface area contributed by atoms with Crippen LogP contribution in [0.1, 0.15) is 19.8 Å². The number of ether oxygens (including phenoxy) is 1. The Balaban J connectivity index is 1.39. The van der Waals surface area contributed by atoms with Crippen molar-refractivity contribution in [2.75, 3.05) is 42.1 Å². The Labute approximate surface area is 238 Å². The summed E-state index contributed by atoms with van der Waals surface area (Å²) in [7, 11) is -2.67. The molecular weight excluding hydrogens is 544 g/mol. The number of amides is 1. The van der Waals surface area contributed by atoms with E-state index in [0.29, 0.717) is 34.1 Å². The number of piperidine rings is 1. The molecule has 4 aromatic rings. The van der Waals surface area contributed by atoms with Gasteiger partial charge >= 0.3 is 0 Å². The quantitative estimate of drug-likeness (QED) is 0.225. The highest BCUT2D eigenvalue weighted by molar-refractivity contribution is 7.92. The van der Waals surface area contributed by atoms with Crippen molar-refractivity contribution >= 4 is 50.0 Å². The van der Waals surface area contributed by atoms with E-state index in [9.17, 15) is 18.3 Å². The fourth-order valence-corrected chi connectivity index (χ4v) is 5.67. The number of phenolic OH excluding ortho intramolecular Hbond substituents is 1. The van der Waals surface area contributed by atoms with Crippen LogP contribution in [0.3, 0.4) is 0 Å². The third kappa shape index (κ3) is 7.02. The molecule has 0 radical (unpaired) electrons. The summed E-state index contributed by atoms with van der Waals surface area (Å²) in [6.45, 7) is 4.20. The number of carbonyl (C=O) groups excluding carboxylic acids is 1. The smallest absolute Gasteiger partial charge is 0.263 e. The lowest BCUT2D eigenvalue weighted by Gasteiger charge is -2.29. The Morgan fingerprint density at radius 2 is 1.68 bits per heavy atom. The first-order valence-corrected chi connectivity index (χ1v) is 14.7. The molecule has 0 aliphatic carbocycles. The largest absolute Gasteiger partial charge is 0.508 e. The molecular formula is C29H32N6O5S.